The van der Waals surface area contributed by atoms with E-state index in [0.717, 1.165) is 24.3 Å². The van der Waals surface area contributed by atoms with Gasteiger partial charge in [-0.1, -0.05) is 12.1 Å². The van der Waals surface area contributed by atoms with Gasteiger partial charge in [0.2, 0.25) is 0 Å². The van der Waals surface area contributed by atoms with Crippen molar-refractivity contribution in [1.82, 2.24) is 0 Å². The molecule has 2 aromatic carbocycles. The van der Waals surface area contributed by atoms with Crippen LogP contribution in [0.15, 0.2) is 42.5 Å². The van der Waals surface area contributed by atoms with Crippen molar-refractivity contribution in [3.8, 4) is 11.5 Å². The summed E-state index contributed by atoms with van der Waals surface area (Å²) in [6.07, 6.45) is 1.97. The lowest BCUT2D eigenvalue weighted by atomic mass is 10.0. The Morgan fingerprint density at radius 3 is 1.76 bits per heavy atom. The summed E-state index contributed by atoms with van der Waals surface area (Å²) in [5, 5.41) is 0. The fourth-order valence-corrected chi connectivity index (χ4v) is 2.26. The second kappa shape index (κ2) is 7.02. The molecule has 0 saturated heterocycles. The average Bonchev–Trinajstić information content (AvgIpc) is 2.52. The number of anilines is 1. The zero-order valence-corrected chi connectivity index (χ0v) is 13.2. The van der Waals surface area contributed by atoms with Gasteiger partial charge in [-0.3, -0.25) is 0 Å². The molecule has 0 aromatic heterocycles. The third-order valence-electron chi connectivity index (χ3n) is 3.57. The summed E-state index contributed by atoms with van der Waals surface area (Å²) in [5.74, 6) is 1.68. The van der Waals surface area contributed by atoms with Gasteiger partial charge in [0.15, 0.2) is 0 Å². The molecule has 0 radical (unpaired) electrons. The van der Waals surface area contributed by atoms with Crippen LogP contribution in [0.4, 0.5) is 5.69 Å². The van der Waals surface area contributed by atoms with Crippen molar-refractivity contribution >= 4 is 5.69 Å². The standard InChI is InChI=1S/C18H23NO2/c1-19(2)16-9-7-14(8-10-16)5-6-15-11-17(20-3)13-18(12-15)21-4/h7-13H,5-6H2,1-4H3. The van der Waals surface area contributed by atoms with Crippen LogP contribution in [0.1, 0.15) is 11.1 Å². The van der Waals surface area contributed by atoms with E-state index in [4.69, 9.17) is 9.47 Å². The molecule has 0 atom stereocenters. The average molecular weight is 285 g/mol. The Bertz CT molecular complexity index is 554. The Balaban J connectivity index is 2.05. The zero-order valence-electron chi connectivity index (χ0n) is 13.2. The number of aryl methyl sites for hydroxylation is 2. The van der Waals surface area contributed by atoms with Gasteiger partial charge < -0.3 is 14.4 Å². The van der Waals surface area contributed by atoms with E-state index in [0.29, 0.717) is 0 Å². The molecule has 0 bridgehead atoms. The van der Waals surface area contributed by atoms with E-state index in [1.807, 2.05) is 6.07 Å². The van der Waals surface area contributed by atoms with Gasteiger partial charge in [-0.15, -0.1) is 0 Å². The maximum atomic E-state index is 5.31. The third kappa shape index (κ3) is 4.15. The maximum Gasteiger partial charge on any atom is 0.122 e. The van der Waals surface area contributed by atoms with Gasteiger partial charge in [0.05, 0.1) is 14.2 Å². The first-order valence-electron chi connectivity index (χ1n) is 7.10. The Hall–Kier alpha value is -2.16. The van der Waals surface area contributed by atoms with Crippen molar-refractivity contribution < 1.29 is 9.47 Å². The highest BCUT2D eigenvalue weighted by Gasteiger charge is 2.03. The SMILES string of the molecule is COc1cc(CCc2ccc(N(C)C)cc2)cc(OC)c1. The Morgan fingerprint density at radius 2 is 1.29 bits per heavy atom. The van der Waals surface area contributed by atoms with E-state index in [2.05, 4.69) is 55.4 Å². The van der Waals surface area contributed by atoms with E-state index >= 15 is 0 Å². The van der Waals surface area contributed by atoms with Gasteiger partial charge in [0.25, 0.3) is 0 Å². The van der Waals surface area contributed by atoms with Crippen LogP contribution < -0.4 is 14.4 Å². The first-order chi connectivity index (χ1) is 10.1. The van der Waals surface area contributed by atoms with Crippen molar-refractivity contribution in [3.63, 3.8) is 0 Å². The van der Waals surface area contributed by atoms with E-state index in [1.54, 1.807) is 14.2 Å². The van der Waals surface area contributed by atoms with E-state index in [9.17, 15) is 0 Å². The molecular weight excluding hydrogens is 262 g/mol. The van der Waals surface area contributed by atoms with Crippen molar-refractivity contribution in [3.05, 3.63) is 53.6 Å². The predicted molar refractivity (Wildman–Crippen MR) is 87.7 cm³/mol. The van der Waals surface area contributed by atoms with Gasteiger partial charge in [-0.25, -0.2) is 0 Å². The molecule has 3 heteroatoms. The van der Waals surface area contributed by atoms with Crippen molar-refractivity contribution in [2.24, 2.45) is 0 Å². The van der Waals surface area contributed by atoms with E-state index in [-0.39, 0.29) is 0 Å². The first kappa shape index (κ1) is 15.2. The second-order valence-electron chi connectivity index (χ2n) is 5.28. The minimum Gasteiger partial charge on any atom is -0.497 e. The molecule has 0 saturated carbocycles. The van der Waals surface area contributed by atoms with Gasteiger partial charge in [0.1, 0.15) is 11.5 Å². The van der Waals surface area contributed by atoms with Crippen LogP contribution in [0.5, 0.6) is 11.5 Å². The molecule has 112 valence electrons. The molecule has 21 heavy (non-hydrogen) atoms. The van der Waals surface area contributed by atoms with Crippen LogP contribution in [0.25, 0.3) is 0 Å². The monoisotopic (exact) mass is 285 g/mol. The fourth-order valence-electron chi connectivity index (χ4n) is 2.26. The van der Waals surface area contributed by atoms with Crippen LogP contribution in [0, 0.1) is 0 Å². The van der Waals surface area contributed by atoms with Crippen LogP contribution in [0.3, 0.4) is 0 Å². The molecule has 0 heterocycles. The van der Waals surface area contributed by atoms with Gasteiger partial charge in [-0.05, 0) is 48.2 Å². The van der Waals surface area contributed by atoms with Crippen molar-refractivity contribution in [1.29, 1.82) is 0 Å². The quantitative estimate of drug-likeness (QED) is 0.810. The molecule has 2 rings (SSSR count). The van der Waals surface area contributed by atoms with Crippen molar-refractivity contribution in [2.45, 2.75) is 12.8 Å². The second-order valence-corrected chi connectivity index (χ2v) is 5.28. The number of benzene rings is 2. The summed E-state index contributed by atoms with van der Waals surface area (Å²) in [7, 11) is 7.46. The van der Waals surface area contributed by atoms with Gasteiger partial charge >= 0.3 is 0 Å². The molecule has 0 amide bonds. The number of methoxy groups -OCH3 is 2. The Labute approximate surface area is 127 Å². The first-order valence-corrected chi connectivity index (χ1v) is 7.10. The molecule has 0 aliphatic carbocycles. The maximum absolute atomic E-state index is 5.31. The van der Waals surface area contributed by atoms with Gasteiger partial charge in [-0.2, -0.15) is 0 Å². The lowest BCUT2D eigenvalue weighted by Crippen LogP contribution is -2.08. The molecular formula is C18H23NO2. The van der Waals surface area contributed by atoms with Crippen LogP contribution >= 0.6 is 0 Å². The Morgan fingerprint density at radius 1 is 0.762 bits per heavy atom. The number of nitrogens with zero attached hydrogens (tertiary/aromatic N) is 1. The normalized spacial score (nSPS) is 10.3. The summed E-state index contributed by atoms with van der Waals surface area (Å²) in [5.41, 5.74) is 3.78. The molecule has 0 N–H and O–H groups in total. The molecule has 0 aliphatic heterocycles. The summed E-state index contributed by atoms with van der Waals surface area (Å²) in [4.78, 5) is 2.11. The summed E-state index contributed by atoms with van der Waals surface area (Å²) in [6, 6.07) is 14.7. The lowest BCUT2D eigenvalue weighted by Gasteiger charge is -2.13. The van der Waals surface area contributed by atoms with E-state index < -0.39 is 0 Å². The third-order valence-corrected chi connectivity index (χ3v) is 3.57. The Kier molecular flexibility index (Phi) is 5.09. The summed E-state index contributed by atoms with van der Waals surface area (Å²) >= 11 is 0. The van der Waals surface area contributed by atoms with Crippen LogP contribution in [-0.4, -0.2) is 28.3 Å². The van der Waals surface area contributed by atoms with Crippen molar-refractivity contribution in [2.75, 3.05) is 33.2 Å². The molecule has 0 unspecified atom stereocenters. The molecule has 2 aromatic rings. The molecule has 0 fully saturated rings. The molecule has 0 spiro atoms. The highest BCUT2D eigenvalue weighted by Crippen LogP contribution is 2.23. The predicted octanol–water partition coefficient (Wildman–Crippen LogP) is 3.56. The number of hydrogen-bond donors (Lipinski definition) is 0. The summed E-state index contributed by atoms with van der Waals surface area (Å²) < 4.78 is 10.6. The highest BCUT2D eigenvalue weighted by atomic mass is 16.5. The smallest absolute Gasteiger partial charge is 0.122 e. The fraction of sp³-hybridized carbons (Fsp3) is 0.333. The minimum absolute atomic E-state index is 0.840. The minimum atomic E-state index is 0.840. The van der Waals surface area contributed by atoms with Gasteiger partial charge in [0, 0.05) is 25.8 Å². The van der Waals surface area contributed by atoms with Crippen LogP contribution in [-0.2, 0) is 12.8 Å². The molecule has 0 aliphatic rings. The number of rotatable bonds is 6. The highest BCUT2D eigenvalue weighted by molar-refractivity contribution is 5.46. The van der Waals surface area contributed by atoms with Crippen LogP contribution in [0.2, 0.25) is 0 Å². The number of ether oxygens (including phenoxy) is 2. The zero-order chi connectivity index (χ0) is 15.2. The topological polar surface area (TPSA) is 21.7 Å². The molecule has 3 nitrogen and oxygen atoms in total. The largest absolute Gasteiger partial charge is 0.497 e. The summed E-state index contributed by atoms with van der Waals surface area (Å²) in [6.45, 7) is 0. The number of hydrogen-bond acceptors (Lipinski definition) is 3. The lowest BCUT2D eigenvalue weighted by molar-refractivity contribution is 0.393. The van der Waals surface area contributed by atoms with E-state index in [1.165, 1.54) is 16.8 Å².